The summed E-state index contributed by atoms with van der Waals surface area (Å²) in [7, 11) is 0. The van der Waals surface area contributed by atoms with Crippen LogP contribution in [0.3, 0.4) is 0 Å². The molecule has 2 N–H and O–H groups in total. The first-order chi connectivity index (χ1) is 10.7. The van der Waals surface area contributed by atoms with Gasteiger partial charge in [0, 0.05) is 24.4 Å². The molecule has 2 bridgehead atoms. The fourth-order valence-corrected chi connectivity index (χ4v) is 4.87. The molecule has 0 unspecified atom stereocenters. The lowest BCUT2D eigenvalue weighted by atomic mass is 9.87. The zero-order valence-corrected chi connectivity index (χ0v) is 13.2. The van der Waals surface area contributed by atoms with Gasteiger partial charge in [0.2, 0.25) is 5.91 Å². The maximum absolute atomic E-state index is 12.2. The Kier molecular flexibility index (Phi) is 3.52. The number of amides is 3. The minimum Gasteiger partial charge on any atom is -0.353 e. The van der Waals surface area contributed by atoms with Gasteiger partial charge in [-0.3, -0.25) is 10.1 Å². The summed E-state index contributed by atoms with van der Waals surface area (Å²) in [6.45, 7) is 1.18. The standard InChI is InChI=1S/C15H20N4O2S/c20-13-7-19(4-3-16-13)15(21)18-14-17-12(8-22-14)11-6-9-1-2-10(11)5-9/h8-11H,1-7H2,(H,16,20)(H,17,18,21)/t9-,10-,11-/m0/s1. The number of fused-ring (bicyclic) bond motifs is 2. The Bertz CT molecular complexity index is 602. The Hall–Kier alpha value is -1.63. The Morgan fingerprint density at radius 2 is 2.32 bits per heavy atom. The Morgan fingerprint density at radius 1 is 1.41 bits per heavy atom. The second kappa shape index (κ2) is 5.53. The highest BCUT2D eigenvalue weighted by molar-refractivity contribution is 7.13. The third-order valence-corrected chi connectivity index (χ3v) is 5.96. The molecule has 0 spiro atoms. The molecule has 6 nitrogen and oxygen atoms in total. The van der Waals surface area contributed by atoms with Gasteiger partial charge in [0.15, 0.2) is 5.13 Å². The van der Waals surface area contributed by atoms with E-state index in [1.807, 2.05) is 0 Å². The van der Waals surface area contributed by atoms with Crippen LogP contribution in [0.5, 0.6) is 0 Å². The average molecular weight is 320 g/mol. The zero-order valence-electron chi connectivity index (χ0n) is 12.4. The van der Waals surface area contributed by atoms with Crippen molar-refractivity contribution in [2.24, 2.45) is 11.8 Å². The summed E-state index contributed by atoms with van der Waals surface area (Å²) >= 11 is 1.49. The lowest BCUT2D eigenvalue weighted by molar-refractivity contribution is -0.123. The maximum atomic E-state index is 12.2. The van der Waals surface area contributed by atoms with Crippen molar-refractivity contribution in [1.82, 2.24) is 15.2 Å². The second-order valence-electron chi connectivity index (χ2n) is 6.56. The molecule has 3 atom stereocenters. The van der Waals surface area contributed by atoms with Crippen molar-refractivity contribution in [3.8, 4) is 0 Å². The summed E-state index contributed by atoms with van der Waals surface area (Å²) in [5.74, 6) is 2.16. The lowest BCUT2D eigenvalue weighted by Gasteiger charge is -2.26. The number of piperazine rings is 1. The zero-order chi connectivity index (χ0) is 15.1. The molecule has 2 saturated carbocycles. The summed E-state index contributed by atoms with van der Waals surface area (Å²) in [5.41, 5.74) is 1.14. The number of hydrogen-bond acceptors (Lipinski definition) is 4. The minimum atomic E-state index is -0.233. The van der Waals surface area contributed by atoms with Crippen molar-refractivity contribution in [3.05, 3.63) is 11.1 Å². The molecule has 3 fully saturated rings. The van der Waals surface area contributed by atoms with E-state index in [9.17, 15) is 9.59 Å². The van der Waals surface area contributed by atoms with Gasteiger partial charge >= 0.3 is 6.03 Å². The van der Waals surface area contributed by atoms with Crippen molar-refractivity contribution in [2.45, 2.75) is 31.6 Å². The number of nitrogens with one attached hydrogen (secondary N) is 2. The molecule has 3 amide bonds. The predicted octanol–water partition coefficient (Wildman–Crippen LogP) is 2.01. The van der Waals surface area contributed by atoms with E-state index in [2.05, 4.69) is 21.0 Å². The first-order valence-corrected chi connectivity index (χ1v) is 8.85. The van der Waals surface area contributed by atoms with Crippen LogP contribution < -0.4 is 10.6 Å². The molecular formula is C15H20N4O2S. The van der Waals surface area contributed by atoms with E-state index in [1.54, 1.807) is 0 Å². The normalized spacial score (nSPS) is 30.5. The monoisotopic (exact) mass is 320 g/mol. The number of anilines is 1. The van der Waals surface area contributed by atoms with Crippen LogP contribution in [0.2, 0.25) is 0 Å². The number of carbonyl (C=O) groups is 2. The van der Waals surface area contributed by atoms with Crippen LogP contribution in [0.15, 0.2) is 5.38 Å². The summed E-state index contributed by atoms with van der Waals surface area (Å²) in [6.07, 6.45) is 5.32. The SMILES string of the molecule is O=C1CN(C(=O)Nc2nc([C@H]3C[C@H]4CC[C@H]3C4)cs2)CCN1. The number of aromatic nitrogens is 1. The number of hydrogen-bond donors (Lipinski definition) is 2. The van der Waals surface area contributed by atoms with E-state index in [4.69, 9.17) is 0 Å². The highest BCUT2D eigenvalue weighted by Gasteiger charge is 2.41. The Balaban J connectivity index is 1.39. The molecular weight excluding hydrogens is 300 g/mol. The van der Waals surface area contributed by atoms with Gasteiger partial charge in [0.1, 0.15) is 6.54 Å². The smallest absolute Gasteiger partial charge is 0.324 e. The van der Waals surface area contributed by atoms with Crippen LogP contribution in [-0.2, 0) is 4.79 Å². The molecule has 0 radical (unpaired) electrons. The minimum absolute atomic E-state index is 0.108. The van der Waals surface area contributed by atoms with Crippen molar-refractivity contribution in [1.29, 1.82) is 0 Å². The second-order valence-corrected chi connectivity index (χ2v) is 7.42. The average Bonchev–Trinajstić information content (AvgIpc) is 3.23. The van der Waals surface area contributed by atoms with E-state index < -0.39 is 0 Å². The first-order valence-electron chi connectivity index (χ1n) is 7.97. The van der Waals surface area contributed by atoms with E-state index in [1.165, 1.54) is 41.9 Å². The first kappa shape index (κ1) is 14.0. The van der Waals surface area contributed by atoms with Crippen LogP contribution in [0.25, 0.3) is 0 Å². The molecule has 4 rings (SSSR count). The molecule has 2 heterocycles. The molecule has 3 aliphatic rings. The molecule has 1 saturated heterocycles. The fraction of sp³-hybridized carbons (Fsp3) is 0.667. The predicted molar refractivity (Wildman–Crippen MR) is 83.9 cm³/mol. The number of nitrogens with zero attached hydrogens (tertiary/aromatic N) is 2. The Morgan fingerprint density at radius 3 is 3.05 bits per heavy atom. The van der Waals surface area contributed by atoms with Gasteiger partial charge in [-0.05, 0) is 31.1 Å². The topological polar surface area (TPSA) is 74.3 Å². The van der Waals surface area contributed by atoms with Gasteiger partial charge in [0.05, 0.1) is 5.69 Å². The number of urea groups is 1. The van der Waals surface area contributed by atoms with Gasteiger partial charge in [-0.25, -0.2) is 9.78 Å². The van der Waals surface area contributed by atoms with Crippen molar-refractivity contribution in [2.75, 3.05) is 25.0 Å². The van der Waals surface area contributed by atoms with Crippen LogP contribution >= 0.6 is 11.3 Å². The van der Waals surface area contributed by atoms with Crippen molar-refractivity contribution >= 4 is 28.4 Å². The van der Waals surface area contributed by atoms with Crippen molar-refractivity contribution in [3.63, 3.8) is 0 Å². The third kappa shape index (κ3) is 2.58. The largest absolute Gasteiger partial charge is 0.353 e. The van der Waals surface area contributed by atoms with Gasteiger partial charge < -0.3 is 10.2 Å². The summed E-state index contributed by atoms with van der Waals surface area (Å²) in [4.78, 5) is 29.7. The number of thiazole rings is 1. The summed E-state index contributed by atoms with van der Waals surface area (Å²) in [6, 6.07) is -0.233. The van der Waals surface area contributed by atoms with E-state index in [0.717, 1.165) is 17.5 Å². The van der Waals surface area contributed by atoms with Crippen LogP contribution in [-0.4, -0.2) is 41.5 Å². The molecule has 22 heavy (non-hydrogen) atoms. The highest BCUT2D eigenvalue weighted by Crippen LogP contribution is 2.52. The summed E-state index contributed by atoms with van der Waals surface area (Å²) < 4.78 is 0. The van der Waals surface area contributed by atoms with Crippen LogP contribution in [0.4, 0.5) is 9.93 Å². The quantitative estimate of drug-likeness (QED) is 0.875. The van der Waals surface area contributed by atoms with Crippen LogP contribution in [0, 0.1) is 11.8 Å². The summed E-state index contributed by atoms with van der Waals surface area (Å²) in [5, 5.41) is 8.28. The molecule has 0 aromatic carbocycles. The molecule has 2 aliphatic carbocycles. The third-order valence-electron chi connectivity index (χ3n) is 5.18. The molecule has 1 aromatic heterocycles. The van der Waals surface area contributed by atoms with E-state index in [0.29, 0.717) is 24.1 Å². The van der Waals surface area contributed by atoms with E-state index >= 15 is 0 Å². The fourth-order valence-electron chi connectivity index (χ4n) is 4.10. The molecule has 1 aromatic rings. The van der Waals surface area contributed by atoms with Gasteiger partial charge in [-0.1, -0.05) is 6.42 Å². The van der Waals surface area contributed by atoms with Gasteiger partial charge in [-0.2, -0.15) is 0 Å². The highest BCUT2D eigenvalue weighted by atomic mass is 32.1. The van der Waals surface area contributed by atoms with Gasteiger partial charge in [0.25, 0.3) is 0 Å². The number of carbonyl (C=O) groups excluding carboxylic acids is 2. The maximum Gasteiger partial charge on any atom is 0.324 e. The van der Waals surface area contributed by atoms with E-state index in [-0.39, 0.29) is 18.5 Å². The van der Waals surface area contributed by atoms with Crippen LogP contribution in [0.1, 0.15) is 37.3 Å². The molecule has 118 valence electrons. The van der Waals surface area contributed by atoms with Crippen molar-refractivity contribution < 1.29 is 9.59 Å². The molecule has 1 aliphatic heterocycles. The van der Waals surface area contributed by atoms with Gasteiger partial charge in [-0.15, -0.1) is 11.3 Å². The number of rotatable bonds is 2. The lowest BCUT2D eigenvalue weighted by Crippen LogP contribution is -2.51. The molecule has 7 heteroatoms. The Labute approximate surface area is 133 Å².